The number of carbonyl (C=O) groups excluding carboxylic acids is 1. The summed E-state index contributed by atoms with van der Waals surface area (Å²) in [7, 11) is 0. The van der Waals surface area contributed by atoms with Crippen molar-refractivity contribution in [2.24, 2.45) is 28.6 Å². The summed E-state index contributed by atoms with van der Waals surface area (Å²) in [6.45, 7) is 9.12. The van der Waals surface area contributed by atoms with Gasteiger partial charge in [-0.3, -0.25) is 4.79 Å². The summed E-state index contributed by atoms with van der Waals surface area (Å²) in [6.07, 6.45) is 17.0. The highest BCUT2D eigenvalue weighted by molar-refractivity contribution is 7.99. The Hall–Kier alpha value is -0.540. The van der Waals surface area contributed by atoms with E-state index in [2.05, 4.69) is 39.8 Å². The number of thioether (sulfide) groups is 1. The molecule has 0 spiro atoms. The monoisotopic (exact) mass is 444 g/mol. The zero-order chi connectivity index (χ0) is 22.3. The third kappa shape index (κ3) is 4.12. The second-order valence-electron chi connectivity index (χ2n) is 11.4. The summed E-state index contributed by atoms with van der Waals surface area (Å²) in [5.41, 5.74) is 3.33. The van der Waals surface area contributed by atoms with Crippen LogP contribution in [-0.2, 0) is 4.79 Å². The SMILES string of the molecule is CCC(O)(CC)CCSCC[C@H]1C(=O)C[C@H]2C3=CC=C4CCCC[C@]4(C)[C@H]3CC[C@]12C. The molecule has 0 aromatic carbocycles. The number of carbonyl (C=O) groups is 1. The first-order valence-corrected chi connectivity index (χ1v) is 14.2. The van der Waals surface area contributed by atoms with Crippen molar-refractivity contribution < 1.29 is 9.90 Å². The summed E-state index contributed by atoms with van der Waals surface area (Å²) in [5, 5.41) is 10.5. The fraction of sp³-hybridized carbons (Fsp3) is 0.821. The molecular weight excluding hydrogens is 400 g/mol. The number of hydrogen-bond acceptors (Lipinski definition) is 3. The molecule has 0 radical (unpaired) electrons. The molecule has 4 aliphatic rings. The van der Waals surface area contributed by atoms with Gasteiger partial charge in [-0.05, 0) is 92.0 Å². The van der Waals surface area contributed by atoms with Gasteiger partial charge in [0.05, 0.1) is 5.60 Å². The second kappa shape index (κ2) is 9.01. The molecule has 5 atom stereocenters. The standard InChI is InChI=1S/C28H44O2S/c1-5-28(30,6-2)16-18-31-17-13-23-25(29)19-24-21-11-10-20-9-7-8-14-26(20,3)22(21)12-15-27(23,24)4/h10-11,22-24,30H,5-9,12-19H2,1-4H3/t22-,23-,24-,26-,27+/m0/s1. The van der Waals surface area contributed by atoms with E-state index in [0.717, 1.165) is 43.6 Å². The predicted molar refractivity (Wildman–Crippen MR) is 132 cm³/mol. The minimum atomic E-state index is -0.499. The van der Waals surface area contributed by atoms with E-state index in [4.69, 9.17) is 0 Å². The molecule has 0 heterocycles. The van der Waals surface area contributed by atoms with Gasteiger partial charge < -0.3 is 5.11 Å². The maximum Gasteiger partial charge on any atom is 0.137 e. The van der Waals surface area contributed by atoms with Crippen molar-refractivity contribution in [3.05, 3.63) is 23.3 Å². The normalized spacial score (nSPS) is 37.6. The summed E-state index contributed by atoms with van der Waals surface area (Å²) in [5.74, 6) is 3.94. The van der Waals surface area contributed by atoms with Crippen molar-refractivity contribution >= 4 is 17.5 Å². The number of Topliss-reactive ketones (excluding diaryl/α,β-unsaturated/α-hetero) is 1. The molecule has 31 heavy (non-hydrogen) atoms. The number of fused-ring (bicyclic) bond motifs is 5. The summed E-state index contributed by atoms with van der Waals surface area (Å²) in [4.78, 5) is 13.2. The van der Waals surface area contributed by atoms with Crippen molar-refractivity contribution in [3.63, 3.8) is 0 Å². The van der Waals surface area contributed by atoms with E-state index in [1.54, 1.807) is 11.1 Å². The van der Waals surface area contributed by atoms with Crippen LogP contribution in [-0.4, -0.2) is 28.0 Å². The highest BCUT2D eigenvalue weighted by Gasteiger charge is 2.58. The number of rotatable bonds is 8. The molecule has 4 aliphatic carbocycles. The van der Waals surface area contributed by atoms with Crippen LogP contribution in [0.3, 0.4) is 0 Å². The summed E-state index contributed by atoms with van der Waals surface area (Å²) >= 11 is 1.94. The Kier molecular flexibility index (Phi) is 6.86. The van der Waals surface area contributed by atoms with Gasteiger partial charge in [0.1, 0.15) is 5.78 Å². The Labute approximate surface area is 194 Å². The molecule has 0 bridgehead atoms. The fourth-order valence-electron chi connectivity index (χ4n) is 7.60. The van der Waals surface area contributed by atoms with Crippen LogP contribution in [0.15, 0.2) is 23.3 Å². The maximum absolute atomic E-state index is 13.2. The zero-order valence-electron chi connectivity index (χ0n) is 20.3. The molecule has 0 amide bonds. The van der Waals surface area contributed by atoms with Gasteiger partial charge in [-0.1, -0.05) is 57.4 Å². The maximum atomic E-state index is 13.2. The lowest BCUT2D eigenvalue weighted by molar-refractivity contribution is -0.122. The third-order valence-electron chi connectivity index (χ3n) is 10.1. The zero-order valence-corrected chi connectivity index (χ0v) is 21.2. The molecule has 3 heteroatoms. The molecular formula is C28H44O2S. The summed E-state index contributed by atoms with van der Waals surface area (Å²) in [6, 6.07) is 0. The van der Waals surface area contributed by atoms with Crippen molar-refractivity contribution in [1.29, 1.82) is 0 Å². The minimum absolute atomic E-state index is 0.157. The molecule has 0 aromatic heterocycles. The molecule has 0 aromatic rings. The molecule has 2 nitrogen and oxygen atoms in total. The number of hydrogen-bond donors (Lipinski definition) is 1. The average Bonchev–Trinajstić information content (AvgIpc) is 3.02. The van der Waals surface area contributed by atoms with Gasteiger partial charge in [0.15, 0.2) is 0 Å². The quantitative estimate of drug-likeness (QED) is 0.405. The van der Waals surface area contributed by atoms with E-state index < -0.39 is 5.60 Å². The Morgan fingerprint density at radius 2 is 1.87 bits per heavy atom. The lowest BCUT2D eigenvalue weighted by Gasteiger charge is -2.54. The van der Waals surface area contributed by atoms with Gasteiger partial charge in [-0.2, -0.15) is 11.8 Å². The first-order chi connectivity index (χ1) is 14.8. The van der Waals surface area contributed by atoms with Gasteiger partial charge in [0.25, 0.3) is 0 Å². The Morgan fingerprint density at radius 3 is 2.61 bits per heavy atom. The third-order valence-corrected chi connectivity index (χ3v) is 11.1. The van der Waals surface area contributed by atoms with E-state index in [1.807, 2.05) is 11.8 Å². The molecule has 174 valence electrons. The Balaban J connectivity index is 1.41. The lowest BCUT2D eigenvalue weighted by atomic mass is 9.50. The van der Waals surface area contributed by atoms with Crippen LogP contribution in [0.5, 0.6) is 0 Å². The number of ketones is 1. The first kappa shape index (κ1) is 23.6. The van der Waals surface area contributed by atoms with Crippen LogP contribution in [0.1, 0.15) is 98.3 Å². The molecule has 0 aliphatic heterocycles. The van der Waals surface area contributed by atoms with E-state index in [1.165, 1.54) is 38.5 Å². The topological polar surface area (TPSA) is 37.3 Å². The molecule has 4 rings (SSSR count). The van der Waals surface area contributed by atoms with Crippen LogP contribution in [0.2, 0.25) is 0 Å². The molecule has 0 saturated heterocycles. The van der Waals surface area contributed by atoms with Gasteiger partial charge in [0.2, 0.25) is 0 Å². The van der Waals surface area contributed by atoms with E-state index >= 15 is 0 Å². The van der Waals surface area contributed by atoms with E-state index in [-0.39, 0.29) is 11.3 Å². The van der Waals surface area contributed by atoms with E-state index in [9.17, 15) is 9.90 Å². The van der Waals surface area contributed by atoms with Gasteiger partial charge >= 0.3 is 0 Å². The van der Waals surface area contributed by atoms with Crippen LogP contribution in [0, 0.1) is 28.6 Å². The number of allylic oxidation sites excluding steroid dienone is 4. The van der Waals surface area contributed by atoms with E-state index in [0.29, 0.717) is 23.0 Å². The van der Waals surface area contributed by atoms with Crippen LogP contribution < -0.4 is 0 Å². The highest BCUT2D eigenvalue weighted by atomic mass is 32.2. The Morgan fingerprint density at radius 1 is 1.10 bits per heavy atom. The largest absolute Gasteiger partial charge is 0.390 e. The summed E-state index contributed by atoms with van der Waals surface area (Å²) < 4.78 is 0. The Bertz CT molecular complexity index is 748. The molecule has 3 saturated carbocycles. The smallest absolute Gasteiger partial charge is 0.137 e. The molecule has 0 unspecified atom stereocenters. The van der Waals surface area contributed by atoms with Crippen molar-refractivity contribution in [2.45, 2.75) is 104 Å². The minimum Gasteiger partial charge on any atom is -0.390 e. The average molecular weight is 445 g/mol. The van der Waals surface area contributed by atoms with Crippen molar-refractivity contribution in [2.75, 3.05) is 11.5 Å². The molecule has 1 N–H and O–H groups in total. The lowest BCUT2D eigenvalue weighted by Crippen LogP contribution is -2.44. The van der Waals surface area contributed by atoms with Gasteiger partial charge in [0, 0.05) is 12.3 Å². The van der Waals surface area contributed by atoms with Crippen molar-refractivity contribution in [3.8, 4) is 0 Å². The second-order valence-corrected chi connectivity index (χ2v) is 12.7. The van der Waals surface area contributed by atoms with Gasteiger partial charge in [-0.25, -0.2) is 0 Å². The highest BCUT2D eigenvalue weighted by Crippen LogP contribution is 2.64. The molecule has 3 fully saturated rings. The van der Waals surface area contributed by atoms with Gasteiger partial charge in [-0.15, -0.1) is 0 Å². The fourth-order valence-corrected chi connectivity index (χ4v) is 8.73. The predicted octanol–water partition coefficient (Wildman–Crippen LogP) is 7.12. The number of aliphatic hydroxyl groups is 1. The van der Waals surface area contributed by atoms with Crippen LogP contribution >= 0.6 is 11.8 Å². The van der Waals surface area contributed by atoms with Crippen molar-refractivity contribution in [1.82, 2.24) is 0 Å². The van der Waals surface area contributed by atoms with Crippen LogP contribution in [0.4, 0.5) is 0 Å². The first-order valence-electron chi connectivity index (χ1n) is 13.0. The van der Waals surface area contributed by atoms with Crippen LogP contribution in [0.25, 0.3) is 0 Å².